The van der Waals surface area contributed by atoms with E-state index in [0.29, 0.717) is 22.9 Å². The van der Waals surface area contributed by atoms with Gasteiger partial charge in [-0.2, -0.15) is 0 Å². The number of rotatable bonds is 6. The number of Topliss-reactive ketones (excluding diaryl/α,β-unsaturated/α-hetero) is 1. The summed E-state index contributed by atoms with van der Waals surface area (Å²) < 4.78 is 0. The van der Waals surface area contributed by atoms with Crippen molar-refractivity contribution in [1.29, 1.82) is 0 Å². The largest absolute Gasteiger partial charge is 0.298 e. The highest BCUT2D eigenvalue weighted by molar-refractivity contribution is 8.00. The summed E-state index contributed by atoms with van der Waals surface area (Å²) in [6.07, 6.45) is 0.408. The van der Waals surface area contributed by atoms with E-state index in [1.54, 1.807) is 12.1 Å². The van der Waals surface area contributed by atoms with Gasteiger partial charge in [-0.25, -0.2) is 9.97 Å². The first-order valence-electron chi connectivity index (χ1n) is 8.89. The summed E-state index contributed by atoms with van der Waals surface area (Å²) in [5.41, 5.74) is 2.64. The molecular weight excluding hydrogens is 374 g/mol. The normalized spacial score (nSPS) is 11.5. The molecule has 0 N–H and O–H groups in total. The first-order chi connectivity index (χ1) is 13.2. The number of para-hydroxylation sites is 2. The van der Waals surface area contributed by atoms with Crippen LogP contribution >= 0.6 is 11.8 Å². The quantitative estimate of drug-likeness (QED) is 0.337. The molecule has 1 aromatic heterocycles. The van der Waals surface area contributed by atoms with Gasteiger partial charge in [-0.1, -0.05) is 56.8 Å². The third-order valence-corrected chi connectivity index (χ3v) is 5.28. The fourth-order valence-electron chi connectivity index (χ4n) is 2.57. The lowest BCUT2D eigenvalue weighted by atomic mass is 9.92. The number of carbonyl (C=O) groups excluding carboxylic acids is 1. The number of nitro benzene ring substituents is 1. The lowest BCUT2D eigenvalue weighted by Gasteiger charge is -2.16. The van der Waals surface area contributed by atoms with Crippen LogP contribution in [0.1, 0.15) is 32.0 Å². The summed E-state index contributed by atoms with van der Waals surface area (Å²) in [7, 11) is 0. The Kier molecular flexibility index (Phi) is 5.74. The Balaban J connectivity index is 1.96. The van der Waals surface area contributed by atoms with E-state index < -0.39 is 10.3 Å². The van der Waals surface area contributed by atoms with Gasteiger partial charge in [0.25, 0.3) is 5.69 Å². The van der Waals surface area contributed by atoms with Crippen LogP contribution in [0.4, 0.5) is 5.69 Å². The molecule has 3 rings (SSSR count). The van der Waals surface area contributed by atoms with Gasteiger partial charge >= 0.3 is 0 Å². The van der Waals surface area contributed by atoms with Crippen LogP contribution in [0.15, 0.2) is 53.6 Å². The van der Waals surface area contributed by atoms with Crippen LogP contribution in [0.3, 0.4) is 0 Å². The van der Waals surface area contributed by atoms with E-state index in [4.69, 9.17) is 9.97 Å². The number of nitrogens with zero attached hydrogens (tertiary/aromatic N) is 3. The zero-order chi connectivity index (χ0) is 20.3. The number of carbonyl (C=O) groups is 1. The van der Waals surface area contributed by atoms with Crippen molar-refractivity contribution in [3.63, 3.8) is 0 Å². The van der Waals surface area contributed by atoms with Crippen molar-refractivity contribution < 1.29 is 9.72 Å². The van der Waals surface area contributed by atoms with Crippen LogP contribution in [0.5, 0.6) is 0 Å². The average molecular weight is 395 g/mol. The van der Waals surface area contributed by atoms with Gasteiger partial charge in [-0.15, -0.1) is 0 Å². The Labute approximate surface area is 167 Å². The molecular formula is C21H21N3O3S. The number of nitro groups is 1. The van der Waals surface area contributed by atoms with Crippen LogP contribution in [0.25, 0.3) is 11.0 Å². The van der Waals surface area contributed by atoms with E-state index in [0.717, 1.165) is 16.6 Å². The highest BCUT2D eigenvalue weighted by Gasteiger charge is 2.22. The van der Waals surface area contributed by atoms with Crippen molar-refractivity contribution in [2.45, 2.75) is 32.2 Å². The molecule has 144 valence electrons. The third kappa shape index (κ3) is 4.72. The van der Waals surface area contributed by atoms with Crippen LogP contribution in [0.2, 0.25) is 0 Å². The van der Waals surface area contributed by atoms with Crippen molar-refractivity contribution in [1.82, 2.24) is 9.97 Å². The van der Waals surface area contributed by atoms with E-state index in [1.165, 1.54) is 17.8 Å². The van der Waals surface area contributed by atoms with E-state index in [2.05, 4.69) is 0 Å². The number of fused-ring (bicyclic) bond motifs is 1. The van der Waals surface area contributed by atoms with Crippen molar-refractivity contribution in [2.75, 3.05) is 5.75 Å². The molecule has 28 heavy (non-hydrogen) atoms. The van der Waals surface area contributed by atoms with Gasteiger partial charge in [0.2, 0.25) is 0 Å². The van der Waals surface area contributed by atoms with Crippen LogP contribution in [-0.4, -0.2) is 26.4 Å². The van der Waals surface area contributed by atoms with Crippen LogP contribution in [-0.2, 0) is 11.2 Å². The fourth-order valence-corrected chi connectivity index (χ4v) is 3.72. The Morgan fingerprint density at radius 3 is 2.39 bits per heavy atom. The molecule has 0 bridgehead atoms. The lowest BCUT2D eigenvalue weighted by molar-refractivity contribution is -0.384. The molecule has 0 radical (unpaired) electrons. The summed E-state index contributed by atoms with van der Waals surface area (Å²) in [6, 6.07) is 14.1. The molecule has 2 aromatic carbocycles. The van der Waals surface area contributed by atoms with Gasteiger partial charge < -0.3 is 0 Å². The molecule has 0 spiro atoms. The number of hydrogen-bond acceptors (Lipinski definition) is 6. The van der Waals surface area contributed by atoms with Gasteiger partial charge in [0.15, 0.2) is 0 Å². The van der Waals surface area contributed by atoms with Crippen molar-refractivity contribution in [3.05, 3.63) is 69.9 Å². The first kappa shape index (κ1) is 19.9. The predicted molar refractivity (Wildman–Crippen MR) is 111 cm³/mol. The van der Waals surface area contributed by atoms with Crippen LogP contribution < -0.4 is 0 Å². The second-order valence-electron chi connectivity index (χ2n) is 7.53. The van der Waals surface area contributed by atoms with E-state index in [1.807, 2.05) is 51.1 Å². The zero-order valence-corrected chi connectivity index (χ0v) is 16.8. The monoisotopic (exact) mass is 395 g/mol. The minimum Gasteiger partial charge on any atom is -0.298 e. The Morgan fingerprint density at radius 1 is 1.07 bits per heavy atom. The number of aromatic nitrogens is 2. The first-order valence-corrected chi connectivity index (χ1v) is 9.88. The molecule has 0 saturated heterocycles. The Morgan fingerprint density at radius 2 is 1.75 bits per heavy atom. The van der Waals surface area contributed by atoms with Gasteiger partial charge in [0.05, 0.1) is 27.4 Å². The smallest absolute Gasteiger partial charge is 0.269 e. The number of hydrogen-bond donors (Lipinski definition) is 0. The van der Waals surface area contributed by atoms with Gasteiger partial charge in [-0.3, -0.25) is 14.9 Å². The summed E-state index contributed by atoms with van der Waals surface area (Å²) in [6.45, 7) is 5.68. The van der Waals surface area contributed by atoms with Crippen molar-refractivity contribution >= 4 is 34.3 Å². The zero-order valence-electron chi connectivity index (χ0n) is 16.0. The summed E-state index contributed by atoms with van der Waals surface area (Å²) >= 11 is 1.37. The fraction of sp³-hybridized carbons (Fsp3) is 0.286. The van der Waals surface area contributed by atoms with Gasteiger partial charge in [0, 0.05) is 24.0 Å². The Bertz CT molecular complexity index is 1040. The third-order valence-electron chi connectivity index (χ3n) is 4.28. The molecule has 6 nitrogen and oxygen atoms in total. The molecule has 7 heteroatoms. The number of thioether (sulfide) groups is 1. The van der Waals surface area contributed by atoms with E-state index >= 15 is 0 Å². The van der Waals surface area contributed by atoms with Gasteiger partial charge in [0.1, 0.15) is 10.8 Å². The molecule has 0 amide bonds. The van der Waals surface area contributed by atoms with Crippen molar-refractivity contribution in [2.24, 2.45) is 5.41 Å². The Hall–Kier alpha value is -2.80. The number of benzene rings is 2. The topological polar surface area (TPSA) is 86.0 Å². The maximum Gasteiger partial charge on any atom is 0.269 e. The number of ketones is 1. The summed E-state index contributed by atoms with van der Waals surface area (Å²) in [5, 5.41) is 11.7. The highest BCUT2D eigenvalue weighted by atomic mass is 32.2. The maximum atomic E-state index is 12.3. The molecule has 1 heterocycles. The predicted octanol–water partition coefficient (Wildman–Crippen LogP) is 4.84. The summed E-state index contributed by atoms with van der Waals surface area (Å²) in [5.74, 6) is 0.437. The maximum absolute atomic E-state index is 12.3. The van der Waals surface area contributed by atoms with Crippen LogP contribution in [0, 0.1) is 15.5 Å². The SMILES string of the molecule is CC(C)(C)C(=O)CSc1nc2ccccc2nc1Cc1cccc([N+](=O)[O-])c1. The molecule has 0 atom stereocenters. The second kappa shape index (κ2) is 8.06. The van der Waals surface area contributed by atoms with Crippen molar-refractivity contribution in [3.8, 4) is 0 Å². The molecule has 0 unspecified atom stereocenters. The van der Waals surface area contributed by atoms with Gasteiger partial charge in [-0.05, 0) is 17.7 Å². The minimum atomic E-state index is -0.419. The molecule has 0 fully saturated rings. The standard InChI is InChI=1S/C21H21N3O3S/c1-21(2,3)19(25)13-28-20-18(22-16-9-4-5-10-17(16)23-20)12-14-7-6-8-15(11-14)24(26)27/h4-11H,12-13H2,1-3H3. The minimum absolute atomic E-state index is 0.0448. The van der Waals surface area contributed by atoms with E-state index in [9.17, 15) is 14.9 Å². The molecule has 0 aliphatic heterocycles. The molecule has 0 aliphatic rings. The summed E-state index contributed by atoms with van der Waals surface area (Å²) in [4.78, 5) is 32.4. The van der Waals surface area contributed by atoms with E-state index in [-0.39, 0.29) is 11.5 Å². The lowest BCUT2D eigenvalue weighted by Crippen LogP contribution is -2.22. The molecule has 0 saturated carbocycles. The number of non-ortho nitro benzene ring substituents is 1. The second-order valence-corrected chi connectivity index (χ2v) is 8.49. The average Bonchev–Trinajstić information content (AvgIpc) is 2.65. The molecule has 3 aromatic rings. The molecule has 0 aliphatic carbocycles. The highest BCUT2D eigenvalue weighted by Crippen LogP contribution is 2.28.